The third kappa shape index (κ3) is 4.36. The van der Waals surface area contributed by atoms with E-state index >= 15 is 0 Å². The minimum atomic E-state index is -0.323. The summed E-state index contributed by atoms with van der Waals surface area (Å²) in [6.45, 7) is 0.482. The zero-order valence-corrected chi connectivity index (χ0v) is 11.6. The molecule has 0 aromatic heterocycles. The maximum absolute atomic E-state index is 12.7. The first-order valence-corrected chi connectivity index (χ1v) is 7.13. The van der Waals surface area contributed by atoms with Gasteiger partial charge in [-0.1, -0.05) is 12.1 Å². The molecule has 0 heterocycles. The molecule has 20 heavy (non-hydrogen) atoms. The quantitative estimate of drug-likeness (QED) is 0.832. The van der Waals surface area contributed by atoms with Gasteiger partial charge in [0.25, 0.3) is 0 Å². The van der Waals surface area contributed by atoms with Crippen molar-refractivity contribution in [3.63, 3.8) is 0 Å². The molecule has 3 nitrogen and oxygen atoms in total. The Bertz CT molecular complexity index is 587. The summed E-state index contributed by atoms with van der Waals surface area (Å²) in [4.78, 5) is 12.8. The Morgan fingerprint density at radius 3 is 2.65 bits per heavy atom. The van der Waals surface area contributed by atoms with Crippen LogP contribution < -0.4 is 11.1 Å². The Morgan fingerprint density at radius 1 is 1.20 bits per heavy atom. The molecule has 2 rings (SSSR count). The van der Waals surface area contributed by atoms with Crippen molar-refractivity contribution in [1.82, 2.24) is 0 Å². The number of nitrogens with one attached hydrogen (secondary N) is 1. The van der Waals surface area contributed by atoms with E-state index in [0.29, 0.717) is 18.0 Å². The fourth-order valence-electron chi connectivity index (χ4n) is 1.64. The molecule has 0 radical (unpaired) electrons. The van der Waals surface area contributed by atoms with Gasteiger partial charge in [-0.2, -0.15) is 0 Å². The molecule has 0 aliphatic heterocycles. The summed E-state index contributed by atoms with van der Waals surface area (Å²) in [6, 6.07) is 13.5. The van der Waals surface area contributed by atoms with Crippen LogP contribution in [-0.2, 0) is 11.3 Å². The van der Waals surface area contributed by atoms with Gasteiger partial charge in [0.1, 0.15) is 5.82 Å². The van der Waals surface area contributed by atoms with Crippen LogP contribution in [0, 0.1) is 5.82 Å². The molecule has 0 fully saturated rings. The Hall–Kier alpha value is -1.85. The number of nitrogens with two attached hydrogens (primary N) is 1. The molecule has 5 heteroatoms. The first kappa shape index (κ1) is 14.6. The van der Waals surface area contributed by atoms with E-state index in [2.05, 4.69) is 5.32 Å². The number of carbonyl (C=O) groups is 1. The standard InChI is InChI=1S/C15H15FN2OS/c16-12-4-6-13(7-5-12)18-15(19)10-20-14-3-1-2-11(8-14)9-17/h1-8H,9-10,17H2,(H,18,19). The van der Waals surface area contributed by atoms with E-state index < -0.39 is 0 Å². The van der Waals surface area contributed by atoms with E-state index in [4.69, 9.17) is 5.73 Å². The van der Waals surface area contributed by atoms with Crippen molar-refractivity contribution in [2.45, 2.75) is 11.4 Å². The largest absolute Gasteiger partial charge is 0.326 e. The molecule has 3 N–H and O–H groups in total. The average Bonchev–Trinajstić information content (AvgIpc) is 2.48. The van der Waals surface area contributed by atoms with Gasteiger partial charge in [0.2, 0.25) is 5.91 Å². The van der Waals surface area contributed by atoms with Gasteiger partial charge < -0.3 is 11.1 Å². The molecule has 2 aromatic carbocycles. The van der Waals surface area contributed by atoms with Crippen LogP contribution in [-0.4, -0.2) is 11.7 Å². The number of amides is 1. The Balaban J connectivity index is 1.87. The number of halogens is 1. The molecular formula is C15H15FN2OS. The summed E-state index contributed by atoms with van der Waals surface area (Å²) >= 11 is 1.44. The van der Waals surface area contributed by atoms with Crippen molar-refractivity contribution < 1.29 is 9.18 Å². The van der Waals surface area contributed by atoms with Crippen LogP contribution in [0.2, 0.25) is 0 Å². The second-order valence-corrected chi connectivity index (χ2v) is 5.24. The fraction of sp³-hybridized carbons (Fsp3) is 0.133. The van der Waals surface area contributed by atoms with Crippen molar-refractivity contribution in [2.24, 2.45) is 5.73 Å². The number of anilines is 1. The third-order valence-electron chi connectivity index (χ3n) is 2.63. The highest BCUT2D eigenvalue weighted by molar-refractivity contribution is 8.00. The van der Waals surface area contributed by atoms with Crippen molar-refractivity contribution in [2.75, 3.05) is 11.1 Å². The Labute approximate surface area is 121 Å². The molecule has 0 unspecified atom stereocenters. The van der Waals surface area contributed by atoms with Gasteiger partial charge in [-0.3, -0.25) is 4.79 Å². The van der Waals surface area contributed by atoms with Crippen LogP contribution in [0.1, 0.15) is 5.56 Å². The Morgan fingerprint density at radius 2 is 1.95 bits per heavy atom. The molecular weight excluding hydrogens is 275 g/mol. The predicted octanol–water partition coefficient (Wildman–Crippen LogP) is 3.02. The maximum atomic E-state index is 12.7. The molecule has 0 saturated carbocycles. The van der Waals surface area contributed by atoms with E-state index in [0.717, 1.165) is 10.5 Å². The monoisotopic (exact) mass is 290 g/mol. The van der Waals surface area contributed by atoms with Crippen LogP contribution in [0.3, 0.4) is 0 Å². The zero-order valence-electron chi connectivity index (χ0n) is 10.8. The highest BCUT2D eigenvalue weighted by atomic mass is 32.2. The molecule has 104 valence electrons. The summed E-state index contributed by atoms with van der Waals surface area (Å²) in [5.74, 6) is -0.151. The zero-order chi connectivity index (χ0) is 14.4. The number of benzene rings is 2. The van der Waals surface area contributed by atoms with E-state index in [-0.39, 0.29) is 11.7 Å². The van der Waals surface area contributed by atoms with E-state index in [9.17, 15) is 9.18 Å². The fourth-order valence-corrected chi connectivity index (χ4v) is 2.42. The normalized spacial score (nSPS) is 10.3. The smallest absolute Gasteiger partial charge is 0.234 e. The second-order valence-electron chi connectivity index (χ2n) is 4.20. The molecule has 0 spiro atoms. The lowest BCUT2D eigenvalue weighted by molar-refractivity contribution is -0.113. The highest BCUT2D eigenvalue weighted by Crippen LogP contribution is 2.19. The van der Waals surface area contributed by atoms with Gasteiger partial charge in [-0.25, -0.2) is 4.39 Å². The summed E-state index contributed by atoms with van der Waals surface area (Å²) in [5, 5.41) is 2.72. The second kappa shape index (κ2) is 7.07. The van der Waals surface area contributed by atoms with E-state index in [1.54, 1.807) is 0 Å². The summed E-state index contributed by atoms with van der Waals surface area (Å²) in [6.07, 6.45) is 0. The Kier molecular flexibility index (Phi) is 5.15. The van der Waals surface area contributed by atoms with Crippen LogP contribution in [0.25, 0.3) is 0 Å². The molecule has 0 saturated heterocycles. The third-order valence-corrected chi connectivity index (χ3v) is 3.63. The lowest BCUT2D eigenvalue weighted by atomic mass is 10.2. The molecule has 0 aliphatic carbocycles. The number of hydrogen-bond donors (Lipinski definition) is 2. The van der Waals surface area contributed by atoms with Crippen LogP contribution in [0.15, 0.2) is 53.4 Å². The van der Waals surface area contributed by atoms with Crippen molar-refractivity contribution in [3.05, 3.63) is 59.9 Å². The van der Waals surface area contributed by atoms with E-state index in [1.165, 1.54) is 36.0 Å². The van der Waals surface area contributed by atoms with E-state index in [1.807, 2.05) is 24.3 Å². The first-order valence-electron chi connectivity index (χ1n) is 6.14. The van der Waals surface area contributed by atoms with Crippen LogP contribution in [0.5, 0.6) is 0 Å². The average molecular weight is 290 g/mol. The minimum Gasteiger partial charge on any atom is -0.326 e. The molecule has 1 amide bonds. The number of carbonyl (C=O) groups excluding carboxylic acids is 1. The molecule has 0 aliphatic rings. The number of thioether (sulfide) groups is 1. The topological polar surface area (TPSA) is 55.1 Å². The summed E-state index contributed by atoms with van der Waals surface area (Å²) in [7, 11) is 0. The molecule has 2 aromatic rings. The maximum Gasteiger partial charge on any atom is 0.234 e. The minimum absolute atomic E-state index is 0.125. The number of hydrogen-bond acceptors (Lipinski definition) is 3. The van der Waals surface area contributed by atoms with Crippen molar-refractivity contribution in [3.8, 4) is 0 Å². The predicted molar refractivity (Wildman–Crippen MR) is 80.1 cm³/mol. The van der Waals surface area contributed by atoms with Gasteiger partial charge in [0.15, 0.2) is 0 Å². The summed E-state index contributed by atoms with van der Waals surface area (Å²) < 4.78 is 12.7. The number of rotatable bonds is 5. The van der Waals surface area contributed by atoms with Gasteiger partial charge in [0, 0.05) is 17.1 Å². The highest BCUT2D eigenvalue weighted by Gasteiger charge is 2.04. The van der Waals surface area contributed by atoms with Crippen molar-refractivity contribution >= 4 is 23.4 Å². The van der Waals surface area contributed by atoms with Gasteiger partial charge >= 0.3 is 0 Å². The summed E-state index contributed by atoms with van der Waals surface area (Å²) in [5.41, 5.74) is 7.20. The SMILES string of the molecule is NCc1cccc(SCC(=O)Nc2ccc(F)cc2)c1. The van der Waals surface area contributed by atoms with Gasteiger partial charge in [-0.05, 0) is 42.0 Å². The molecule has 0 bridgehead atoms. The lowest BCUT2D eigenvalue weighted by Gasteiger charge is -2.06. The lowest BCUT2D eigenvalue weighted by Crippen LogP contribution is -2.13. The van der Waals surface area contributed by atoms with Crippen LogP contribution in [0.4, 0.5) is 10.1 Å². The van der Waals surface area contributed by atoms with Crippen LogP contribution >= 0.6 is 11.8 Å². The van der Waals surface area contributed by atoms with Crippen molar-refractivity contribution in [1.29, 1.82) is 0 Å². The van der Waals surface area contributed by atoms with Gasteiger partial charge in [0.05, 0.1) is 5.75 Å². The first-order chi connectivity index (χ1) is 9.67. The van der Waals surface area contributed by atoms with Gasteiger partial charge in [-0.15, -0.1) is 11.8 Å². The molecule has 0 atom stereocenters.